The number of aromatic hydroxyl groups is 1. The second-order valence-electron chi connectivity index (χ2n) is 4.15. The summed E-state index contributed by atoms with van der Waals surface area (Å²) in [6, 6.07) is 8.85. The van der Waals surface area contributed by atoms with Crippen LogP contribution in [-0.4, -0.2) is 17.2 Å². The SMILES string of the molecule is O=C(NN=Cc1cc(Br)cc(Br)c1O)c1cc(I)ccc1Br. The molecule has 0 fully saturated rings. The third-order valence-electron chi connectivity index (χ3n) is 2.60. The van der Waals surface area contributed by atoms with Gasteiger partial charge in [-0.1, -0.05) is 15.9 Å². The van der Waals surface area contributed by atoms with Gasteiger partial charge in [0.25, 0.3) is 5.91 Å². The molecule has 0 radical (unpaired) electrons. The lowest BCUT2D eigenvalue weighted by atomic mass is 10.2. The van der Waals surface area contributed by atoms with Gasteiger partial charge in [-0.2, -0.15) is 5.10 Å². The molecule has 2 aromatic rings. The zero-order valence-corrected chi connectivity index (χ0v) is 17.7. The molecule has 0 aliphatic rings. The molecule has 0 aromatic heterocycles. The van der Waals surface area contributed by atoms with Gasteiger partial charge in [0, 0.05) is 18.1 Å². The number of rotatable bonds is 3. The van der Waals surface area contributed by atoms with E-state index in [0.29, 0.717) is 20.1 Å². The lowest BCUT2D eigenvalue weighted by Crippen LogP contribution is -2.18. The first-order valence-electron chi connectivity index (χ1n) is 5.85. The highest BCUT2D eigenvalue weighted by Gasteiger charge is 2.10. The average Bonchev–Trinajstić information content (AvgIpc) is 2.46. The summed E-state index contributed by atoms with van der Waals surface area (Å²) in [6.45, 7) is 0. The molecule has 0 spiro atoms. The Bertz CT molecular complexity index is 766. The minimum absolute atomic E-state index is 0.0524. The van der Waals surface area contributed by atoms with E-state index in [0.717, 1.165) is 8.04 Å². The number of nitrogens with one attached hydrogen (secondary N) is 1. The van der Waals surface area contributed by atoms with Crippen molar-refractivity contribution in [2.45, 2.75) is 0 Å². The molecule has 22 heavy (non-hydrogen) atoms. The van der Waals surface area contributed by atoms with Crippen LogP contribution in [-0.2, 0) is 0 Å². The number of carbonyl (C=O) groups excluding carboxylic acids is 1. The van der Waals surface area contributed by atoms with Crippen LogP contribution < -0.4 is 5.43 Å². The third kappa shape index (κ3) is 4.53. The smallest absolute Gasteiger partial charge is 0.272 e. The van der Waals surface area contributed by atoms with Gasteiger partial charge in [-0.25, -0.2) is 5.43 Å². The van der Waals surface area contributed by atoms with Crippen LogP contribution in [0, 0.1) is 3.57 Å². The van der Waals surface area contributed by atoms with E-state index in [1.807, 2.05) is 6.07 Å². The van der Waals surface area contributed by atoms with Crippen molar-refractivity contribution in [3.05, 3.63) is 58.4 Å². The van der Waals surface area contributed by atoms with Crippen LogP contribution in [0.3, 0.4) is 0 Å². The maximum absolute atomic E-state index is 12.1. The fraction of sp³-hybridized carbons (Fsp3) is 0. The maximum atomic E-state index is 12.1. The van der Waals surface area contributed by atoms with E-state index in [1.165, 1.54) is 6.21 Å². The van der Waals surface area contributed by atoms with Gasteiger partial charge in [-0.15, -0.1) is 0 Å². The summed E-state index contributed by atoms with van der Waals surface area (Å²) in [4.78, 5) is 12.1. The number of hydrogen-bond donors (Lipinski definition) is 2. The Kier molecular flexibility index (Phi) is 6.42. The number of amides is 1. The fourth-order valence-corrected chi connectivity index (χ4v) is 3.75. The van der Waals surface area contributed by atoms with Crippen LogP contribution in [0.15, 0.2) is 48.9 Å². The lowest BCUT2D eigenvalue weighted by Gasteiger charge is -2.05. The van der Waals surface area contributed by atoms with Crippen LogP contribution in [0.4, 0.5) is 0 Å². The van der Waals surface area contributed by atoms with Crippen molar-refractivity contribution in [3.63, 3.8) is 0 Å². The van der Waals surface area contributed by atoms with Crippen molar-refractivity contribution in [3.8, 4) is 5.75 Å². The number of hydrogen-bond acceptors (Lipinski definition) is 3. The van der Waals surface area contributed by atoms with Gasteiger partial charge >= 0.3 is 0 Å². The van der Waals surface area contributed by atoms with Crippen molar-refractivity contribution in [2.75, 3.05) is 0 Å². The molecule has 0 aliphatic heterocycles. The minimum Gasteiger partial charge on any atom is -0.506 e. The van der Waals surface area contributed by atoms with Gasteiger partial charge in [0.2, 0.25) is 0 Å². The minimum atomic E-state index is -0.338. The molecule has 1 amide bonds. The van der Waals surface area contributed by atoms with Crippen LogP contribution in [0.25, 0.3) is 0 Å². The Morgan fingerprint density at radius 2 is 1.91 bits per heavy atom. The molecular formula is C14H8Br3IN2O2. The first-order chi connectivity index (χ1) is 10.4. The zero-order valence-electron chi connectivity index (χ0n) is 10.8. The Labute approximate surface area is 165 Å². The second-order valence-corrected chi connectivity index (χ2v) is 8.02. The normalized spacial score (nSPS) is 10.9. The molecule has 0 aliphatic carbocycles. The van der Waals surface area contributed by atoms with E-state index in [4.69, 9.17) is 0 Å². The summed E-state index contributed by atoms with van der Waals surface area (Å²) in [5.74, 6) is -0.285. The first-order valence-corrected chi connectivity index (χ1v) is 9.30. The summed E-state index contributed by atoms with van der Waals surface area (Å²) < 4.78 is 2.96. The standard InChI is InChI=1S/C14H8Br3IN2O2/c15-8-3-7(13(21)12(17)4-8)6-19-20-14(22)10-5-9(18)1-2-11(10)16/h1-6,21H,(H,20,22). The Balaban J connectivity index is 2.16. The highest BCUT2D eigenvalue weighted by Crippen LogP contribution is 2.30. The number of phenols is 1. The van der Waals surface area contributed by atoms with Crippen LogP contribution in [0.1, 0.15) is 15.9 Å². The summed E-state index contributed by atoms with van der Waals surface area (Å²) in [6.07, 6.45) is 1.38. The topological polar surface area (TPSA) is 61.7 Å². The van der Waals surface area contributed by atoms with Crippen LogP contribution in [0.2, 0.25) is 0 Å². The Morgan fingerprint density at radius 3 is 2.64 bits per heavy atom. The van der Waals surface area contributed by atoms with Crippen LogP contribution in [0.5, 0.6) is 5.75 Å². The highest BCUT2D eigenvalue weighted by atomic mass is 127. The molecule has 0 saturated heterocycles. The number of phenolic OH excluding ortho intramolecular Hbond substituents is 1. The van der Waals surface area contributed by atoms with Crippen molar-refractivity contribution in [2.24, 2.45) is 5.10 Å². The van der Waals surface area contributed by atoms with E-state index in [-0.39, 0.29) is 11.7 Å². The summed E-state index contributed by atoms with van der Waals surface area (Å²) in [7, 11) is 0. The van der Waals surface area contributed by atoms with E-state index < -0.39 is 0 Å². The largest absolute Gasteiger partial charge is 0.506 e. The predicted octanol–water partition coefficient (Wildman–Crippen LogP) is 5.05. The van der Waals surface area contributed by atoms with Gasteiger partial charge in [-0.05, 0) is 84.8 Å². The first kappa shape index (κ1) is 17.9. The second kappa shape index (κ2) is 7.89. The Morgan fingerprint density at radius 1 is 1.18 bits per heavy atom. The molecular weight excluding hydrogens is 595 g/mol. The molecule has 0 heterocycles. The molecule has 4 nitrogen and oxygen atoms in total. The molecule has 2 aromatic carbocycles. The van der Waals surface area contributed by atoms with E-state index >= 15 is 0 Å². The van der Waals surface area contributed by atoms with Crippen LogP contribution >= 0.6 is 70.4 Å². The van der Waals surface area contributed by atoms with Gasteiger partial charge < -0.3 is 5.11 Å². The molecule has 8 heteroatoms. The van der Waals surface area contributed by atoms with Gasteiger partial charge in [-0.3, -0.25) is 4.79 Å². The van der Waals surface area contributed by atoms with E-state index in [2.05, 4.69) is 80.9 Å². The molecule has 0 saturated carbocycles. The maximum Gasteiger partial charge on any atom is 0.272 e. The molecule has 2 rings (SSSR count). The summed E-state index contributed by atoms with van der Waals surface area (Å²) >= 11 is 12.0. The monoisotopic (exact) mass is 600 g/mol. The zero-order chi connectivity index (χ0) is 16.3. The Hall–Kier alpha value is -0.450. The number of benzene rings is 2. The molecule has 2 N–H and O–H groups in total. The molecule has 114 valence electrons. The fourth-order valence-electron chi connectivity index (χ4n) is 1.58. The number of halogens is 4. The predicted molar refractivity (Wildman–Crippen MR) is 105 cm³/mol. The van der Waals surface area contributed by atoms with Crippen molar-refractivity contribution in [1.29, 1.82) is 0 Å². The van der Waals surface area contributed by atoms with E-state index in [1.54, 1.807) is 24.3 Å². The van der Waals surface area contributed by atoms with E-state index in [9.17, 15) is 9.90 Å². The number of nitrogens with zero attached hydrogens (tertiary/aromatic N) is 1. The van der Waals surface area contributed by atoms with Gasteiger partial charge in [0.1, 0.15) is 5.75 Å². The molecule has 0 bridgehead atoms. The third-order valence-corrected chi connectivity index (χ3v) is 5.03. The van der Waals surface area contributed by atoms with Crippen molar-refractivity contribution in [1.82, 2.24) is 5.43 Å². The van der Waals surface area contributed by atoms with Crippen molar-refractivity contribution >= 4 is 82.5 Å². The highest BCUT2D eigenvalue weighted by molar-refractivity contribution is 14.1. The average molecular weight is 603 g/mol. The summed E-state index contributed by atoms with van der Waals surface area (Å²) in [5.41, 5.74) is 3.40. The van der Waals surface area contributed by atoms with Gasteiger partial charge in [0.15, 0.2) is 0 Å². The van der Waals surface area contributed by atoms with Gasteiger partial charge in [0.05, 0.1) is 16.3 Å². The summed E-state index contributed by atoms with van der Waals surface area (Å²) in [5, 5.41) is 13.8. The number of carbonyl (C=O) groups is 1. The molecule has 0 unspecified atom stereocenters. The van der Waals surface area contributed by atoms with Crippen molar-refractivity contribution < 1.29 is 9.90 Å². The molecule has 0 atom stereocenters. The quantitative estimate of drug-likeness (QED) is 0.294. The number of hydrazone groups is 1. The lowest BCUT2D eigenvalue weighted by molar-refractivity contribution is 0.0954.